The molecule has 0 radical (unpaired) electrons. The Morgan fingerprint density at radius 3 is 2.34 bits per heavy atom. The van der Waals surface area contributed by atoms with Gasteiger partial charge in [-0.1, -0.05) is 18.2 Å². The Hall–Kier alpha value is -4.71. The zero-order chi connectivity index (χ0) is 29.1. The predicted octanol–water partition coefficient (Wildman–Crippen LogP) is 3.54. The molecule has 0 saturated carbocycles. The molecule has 0 atom stereocenters. The SMILES string of the molecule is CCOC(=O)c1ccc(NC(=O)Cn2c(=O)n(-c3ccccc3)c(=O)c3c4c(sc32)CN(C(=O)OCC)CC4)cc1. The largest absolute Gasteiger partial charge is 0.462 e. The molecule has 2 aromatic heterocycles. The second-order valence-corrected chi connectivity index (χ2v) is 10.3. The van der Waals surface area contributed by atoms with Gasteiger partial charge in [-0.15, -0.1) is 11.3 Å². The lowest BCUT2D eigenvalue weighted by molar-refractivity contribution is -0.116. The fourth-order valence-electron chi connectivity index (χ4n) is 4.77. The molecule has 0 unspecified atom stereocenters. The Balaban J connectivity index is 1.54. The summed E-state index contributed by atoms with van der Waals surface area (Å²) in [6.07, 6.45) is -0.0295. The van der Waals surface area contributed by atoms with E-state index in [2.05, 4.69) is 5.32 Å². The summed E-state index contributed by atoms with van der Waals surface area (Å²) in [6.45, 7) is 4.19. The number of rotatable bonds is 7. The molecule has 1 aliphatic rings. The van der Waals surface area contributed by atoms with Gasteiger partial charge < -0.3 is 19.7 Å². The lowest BCUT2D eigenvalue weighted by Gasteiger charge is -2.25. The van der Waals surface area contributed by atoms with Crippen LogP contribution in [0.3, 0.4) is 0 Å². The van der Waals surface area contributed by atoms with Crippen molar-refractivity contribution in [2.45, 2.75) is 33.4 Å². The number of fused-ring (bicyclic) bond motifs is 3. The van der Waals surface area contributed by atoms with E-state index in [9.17, 15) is 24.0 Å². The standard InChI is InChI=1S/C29H28N4O7S/c1-3-39-27(36)18-10-12-19(13-11-18)30-23(34)17-32-26-24(25(35)33(28(32)37)20-8-6-5-7-9-20)21-14-15-31(16-22(21)41-26)29(38)40-4-2/h5-13H,3-4,14-17H2,1-2H3,(H,30,34). The van der Waals surface area contributed by atoms with Crippen LogP contribution in [0.2, 0.25) is 0 Å². The van der Waals surface area contributed by atoms with Crippen molar-refractivity contribution in [1.29, 1.82) is 0 Å². The third kappa shape index (κ3) is 5.50. The van der Waals surface area contributed by atoms with Crippen molar-refractivity contribution in [3.05, 3.63) is 91.4 Å². The normalized spacial score (nSPS) is 12.6. The van der Waals surface area contributed by atoms with E-state index in [1.54, 1.807) is 61.2 Å². The number of carbonyl (C=O) groups is 3. The van der Waals surface area contributed by atoms with E-state index in [0.29, 0.717) is 40.1 Å². The van der Waals surface area contributed by atoms with E-state index in [1.165, 1.54) is 28.0 Å². The summed E-state index contributed by atoms with van der Waals surface area (Å²) in [4.78, 5) is 67.7. The molecule has 11 nitrogen and oxygen atoms in total. The minimum Gasteiger partial charge on any atom is -0.462 e. The highest BCUT2D eigenvalue weighted by Crippen LogP contribution is 2.33. The van der Waals surface area contributed by atoms with Crippen LogP contribution in [-0.2, 0) is 33.8 Å². The first-order valence-electron chi connectivity index (χ1n) is 13.2. The van der Waals surface area contributed by atoms with Gasteiger partial charge in [0, 0.05) is 17.1 Å². The number of hydrogen-bond donors (Lipinski definition) is 1. The van der Waals surface area contributed by atoms with Gasteiger partial charge in [0.25, 0.3) is 5.56 Å². The molecule has 41 heavy (non-hydrogen) atoms. The van der Waals surface area contributed by atoms with Crippen LogP contribution in [0.4, 0.5) is 10.5 Å². The van der Waals surface area contributed by atoms with Gasteiger partial charge in [0.2, 0.25) is 5.91 Å². The van der Waals surface area contributed by atoms with Gasteiger partial charge in [-0.3, -0.25) is 14.2 Å². The molecule has 212 valence electrons. The maximum absolute atomic E-state index is 13.8. The monoisotopic (exact) mass is 576 g/mol. The van der Waals surface area contributed by atoms with Gasteiger partial charge in [0.05, 0.1) is 36.4 Å². The summed E-state index contributed by atoms with van der Waals surface area (Å²) >= 11 is 1.22. The van der Waals surface area contributed by atoms with E-state index in [-0.39, 0.29) is 26.3 Å². The van der Waals surface area contributed by atoms with Gasteiger partial charge >= 0.3 is 17.8 Å². The highest BCUT2D eigenvalue weighted by atomic mass is 32.1. The summed E-state index contributed by atoms with van der Waals surface area (Å²) in [7, 11) is 0. The number of carbonyl (C=O) groups excluding carboxylic acids is 3. The van der Waals surface area contributed by atoms with E-state index >= 15 is 0 Å². The number of nitrogens with zero attached hydrogens (tertiary/aromatic N) is 3. The Morgan fingerprint density at radius 2 is 1.66 bits per heavy atom. The summed E-state index contributed by atoms with van der Waals surface area (Å²) in [6, 6.07) is 14.8. The number of esters is 1. The van der Waals surface area contributed by atoms with Crippen LogP contribution in [0, 0.1) is 0 Å². The first-order valence-corrected chi connectivity index (χ1v) is 14.0. The van der Waals surface area contributed by atoms with E-state index in [1.807, 2.05) is 0 Å². The van der Waals surface area contributed by atoms with Crippen molar-refractivity contribution in [3.63, 3.8) is 0 Å². The van der Waals surface area contributed by atoms with Crippen molar-refractivity contribution < 1.29 is 23.9 Å². The third-order valence-electron chi connectivity index (χ3n) is 6.64. The van der Waals surface area contributed by atoms with Crippen molar-refractivity contribution in [3.8, 4) is 5.69 Å². The van der Waals surface area contributed by atoms with Crippen LogP contribution in [0.5, 0.6) is 0 Å². The van der Waals surface area contributed by atoms with Crippen molar-refractivity contribution in [2.75, 3.05) is 25.1 Å². The summed E-state index contributed by atoms with van der Waals surface area (Å²) in [5.74, 6) is -0.958. The lowest BCUT2D eigenvalue weighted by Crippen LogP contribution is -2.41. The van der Waals surface area contributed by atoms with Gasteiger partial charge in [0.15, 0.2) is 0 Å². The topological polar surface area (TPSA) is 129 Å². The quantitative estimate of drug-likeness (QED) is 0.333. The molecule has 12 heteroatoms. The first kappa shape index (κ1) is 27.8. The molecule has 0 spiro atoms. The molecule has 0 aliphatic carbocycles. The molecule has 3 heterocycles. The fourth-order valence-corrected chi connectivity index (χ4v) is 6.12. The number of nitrogens with one attached hydrogen (secondary N) is 1. The maximum atomic E-state index is 13.8. The maximum Gasteiger partial charge on any atom is 0.410 e. The Kier molecular flexibility index (Phi) is 8.02. The first-order chi connectivity index (χ1) is 19.8. The van der Waals surface area contributed by atoms with Gasteiger partial charge in [-0.25, -0.2) is 19.0 Å². The van der Waals surface area contributed by atoms with Crippen LogP contribution in [0.25, 0.3) is 15.9 Å². The van der Waals surface area contributed by atoms with Crippen LogP contribution < -0.4 is 16.6 Å². The van der Waals surface area contributed by atoms with E-state index in [4.69, 9.17) is 9.47 Å². The number of para-hydroxylation sites is 1. The summed E-state index contributed by atoms with van der Waals surface area (Å²) < 4.78 is 12.5. The zero-order valence-electron chi connectivity index (χ0n) is 22.5. The number of benzene rings is 2. The Bertz CT molecular complexity index is 1740. The lowest BCUT2D eigenvalue weighted by atomic mass is 10.1. The number of thiophene rings is 1. The third-order valence-corrected chi connectivity index (χ3v) is 7.88. The second kappa shape index (κ2) is 11.8. The molecule has 0 saturated heterocycles. The van der Waals surface area contributed by atoms with Crippen molar-refractivity contribution in [1.82, 2.24) is 14.0 Å². The smallest absolute Gasteiger partial charge is 0.410 e. The van der Waals surface area contributed by atoms with Crippen LogP contribution >= 0.6 is 11.3 Å². The Labute approximate surface area is 238 Å². The average molecular weight is 577 g/mol. The molecule has 0 bridgehead atoms. The number of aromatic nitrogens is 2. The number of ether oxygens (including phenoxy) is 2. The van der Waals surface area contributed by atoms with Crippen LogP contribution in [0.15, 0.2) is 64.2 Å². The van der Waals surface area contributed by atoms with Gasteiger partial charge in [0.1, 0.15) is 11.4 Å². The number of amides is 2. The molecule has 1 aliphatic heterocycles. The molecular formula is C29H28N4O7S. The van der Waals surface area contributed by atoms with Crippen molar-refractivity contribution in [2.24, 2.45) is 0 Å². The van der Waals surface area contributed by atoms with E-state index < -0.39 is 29.2 Å². The highest BCUT2D eigenvalue weighted by molar-refractivity contribution is 7.18. The van der Waals surface area contributed by atoms with Crippen LogP contribution in [0.1, 0.15) is 34.6 Å². The molecular weight excluding hydrogens is 548 g/mol. The minimum absolute atomic E-state index is 0.242. The number of hydrogen-bond acceptors (Lipinski definition) is 8. The molecule has 4 aromatic rings. The minimum atomic E-state index is -0.651. The van der Waals surface area contributed by atoms with Gasteiger partial charge in [-0.2, -0.15) is 0 Å². The van der Waals surface area contributed by atoms with Crippen molar-refractivity contribution >= 4 is 45.2 Å². The predicted molar refractivity (Wildman–Crippen MR) is 154 cm³/mol. The van der Waals surface area contributed by atoms with Gasteiger partial charge in [-0.05, 0) is 62.2 Å². The summed E-state index contributed by atoms with van der Waals surface area (Å²) in [5, 5.41) is 3.11. The second-order valence-electron chi connectivity index (χ2n) is 9.25. The summed E-state index contributed by atoms with van der Waals surface area (Å²) in [5.41, 5.74) is 0.811. The molecule has 0 fully saturated rings. The fraction of sp³-hybridized carbons (Fsp3) is 0.276. The highest BCUT2D eigenvalue weighted by Gasteiger charge is 2.29. The molecule has 2 aromatic carbocycles. The van der Waals surface area contributed by atoms with Crippen LogP contribution in [-0.4, -0.2) is 51.8 Å². The molecule has 5 rings (SSSR count). The number of anilines is 1. The van der Waals surface area contributed by atoms with E-state index in [0.717, 1.165) is 15.0 Å². The Morgan fingerprint density at radius 1 is 0.951 bits per heavy atom. The molecule has 1 N–H and O–H groups in total. The molecule has 2 amide bonds. The zero-order valence-corrected chi connectivity index (χ0v) is 23.4. The average Bonchev–Trinajstić information content (AvgIpc) is 3.35.